The highest BCUT2D eigenvalue weighted by Gasteiger charge is 2.63. The lowest BCUT2D eigenvalue weighted by atomic mass is 10.0. The topological polar surface area (TPSA) is 203 Å². The monoisotopic (exact) mass is 779 g/mol. The molecule has 17 heteroatoms. The van der Waals surface area contributed by atoms with Gasteiger partial charge in [0.25, 0.3) is 11.8 Å². The number of hydrogen-bond donors (Lipinski definition) is 3. The van der Waals surface area contributed by atoms with E-state index in [0.29, 0.717) is 42.6 Å². The van der Waals surface area contributed by atoms with Gasteiger partial charge in [0.15, 0.2) is 5.82 Å². The summed E-state index contributed by atoms with van der Waals surface area (Å²) in [5.74, 6) is -3.83. The first-order chi connectivity index (χ1) is 26.1. The Hall–Kier alpha value is -4.93. The molecule has 3 fully saturated rings. The molecule has 4 amide bonds. The van der Waals surface area contributed by atoms with E-state index in [1.165, 1.54) is 23.1 Å². The zero-order valence-corrected chi connectivity index (χ0v) is 32.1. The van der Waals surface area contributed by atoms with Crippen LogP contribution >= 0.6 is 0 Å². The van der Waals surface area contributed by atoms with Gasteiger partial charge in [-0.3, -0.25) is 23.9 Å². The third kappa shape index (κ3) is 7.67. The fraction of sp³-hybridized carbons (Fsp3) is 0.553. The number of amides is 4. The van der Waals surface area contributed by atoms with E-state index < -0.39 is 73.9 Å². The summed E-state index contributed by atoms with van der Waals surface area (Å²) < 4.78 is 53.7. The molecule has 2 saturated carbocycles. The number of sulfonamides is 1. The summed E-state index contributed by atoms with van der Waals surface area (Å²) >= 11 is 0. The van der Waals surface area contributed by atoms with E-state index in [2.05, 4.69) is 30.5 Å². The van der Waals surface area contributed by atoms with E-state index in [0.717, 1.165) is 12.8 Å². The number of fused-ring (bicyclic) bond motifs is 3. The van der Waals surface area contributed by atoms with Crippen molar-refractivity contribution in [1.29, 1.82) is 0 Å². The molecule has 1 saturated heterocycles. The van der Waals surface area contributed by atoms with Gasteiger partial charge in [-0.05, 0) is 70.4 Å². The molecule has 294 valence electrons. The largest absolute Gasteiger partial charge is 0.471 e. The number of hydrogen-bond acceptors (Lipinski definition) is 11. The lowest BCUT2D eigenvalue weighted by molar-refractivity contribution is -0.141. The molecular formula is C38H46FN7O8S. The Labute approximate surface area is 318 Å². The summed E-state index contributed by atoms with van der Waals surface area (Å²) in [6, 6.07) is 3.66. The van der Waals surface area contributed by atoms with Crippen LogP contribution in [0.5, 0.6) is 5.88 Å². The van der Waals surface area contributed by atoms with Crippen LogP contribution in [-0.2, 0) is 24.4 Å². The fourth-order valence-corrected chi connectivity index (χ4v) is 8.54. The number of benzene rings is 1. The average molecular weight is 780 g/mol. The minimum absolute atomic E-state index is 0.000917. The molecular weight excluding hydrogens is 734 g/mol. The van der Waals surface area contributed by atoms with E-state index >= 15 is 0 Å². The Kier molecular flexibility index (Phi) is 10.2. The van der Waals surface area contributed by atoms with Crippen molar-refractivity contribution in [3.05, 3.63) is 59.4 Å². The lowest BCUT2D eigenvalue weighted by Crippen LogP contribution is -2.58. The highest BCUT2D eigenvalue weighted by molar-refractivity contribution is 7.91. The van der Waals surface area contributed by atoms with Gasteiger partial charge >= 0.3 is 0 Å². The predicted molar refractivity (Wildman–Crippen MR) is 197 cm³/mol. The lowest BCUT2D eigenvalue weighted by Gasteiger charge is -2.29. The van der Waals surface area contributed by atoms with Crippen molar-refractivity contribution in [2.24, 2.45) is 5.92 Å². The summed E-state index contributed by atoms with van der Waals surface area (Å²) in [7, 11) is -4.02. The van der Waals surface area contributed by atoms with Gasteiger partial charge in [-0.25, -0.2) is 22.8 Å². The molecule has 0 bridgehead atoms. The molecule has 2 aliphatic carbocycles. The van der Waals surface area contributed by atoms with Gasteiger partial charge in [0, 0.05) is 18.4 Å². The van der Waals surface area contributed by atoms with E-state index in [9.17, 15) is 32.0 Å². The molecule has 3 N–H and O–H groups in total. The smallest absolute Gasteiger partial charge is 0.290 e. The van der Waals surface area contributed by atoms with E-state index in [1.54, 1.807) is 19.9 Å². The molecule has 0 radical (unpaired) electrons. The molecule has 4 heterocycles. The van der Waals surface area contributed by atoms with Gasteiger partial charge in [0.2, 0.25) is 33.5 Å². The van der Waals surface area contributed by atoms with Gasteiger partial charge in [-0.2, -0.15) is 0 Å². The maximum Gasteiger partial charge on any atom is 0.290 e. The quantitative estimate of drug-likeness (QED) is 0.281. The second-order valence-corrected chi connectivity index (χ2v) is 17.9. The Bertz CT molecular complexity index is 2170. The number of carbonyl (C=O) groups is 4. The van der Waals surface area contributed by atoms with Crippen molar-refractivity contribution in [3.63, 3.8) is 0 Å². The van der Waals surface area contributed by atoms with Crippen LogP contribution in [0.4, 0.5) is 4.39 Å². The maximum atomic E-state index is 14.7. The number of allylic oxidation sites excluding steroid dienone is 1. The van der Waals surface area contributed by atoms with Gasteiger partial charge in [-0.1, -0.05) is 50.1 Å². The zero-order valence-electron chi connectivity index (χ0n) is 31.3. The van der Waals surface area contributed by atoms with Crippen LogP contribution in [0.2, 0.25) is 0 Å². The summed E-state index contributed by atoms with van der Waals surface area (Å²) in [4.78, 5) is 66.4. The SMILES string of the molecule is Cc1nc2cccc(F)c2nc1O[C@@H]1C[C@H]2C(=O)N[C@]3(C(=O)NS(=O)(=O)C4(C)CC4)C[C@H]3/C=C\CCCCC[C@H](NC(=O)c3cc(C(C)C)no3)C(=O)N2C1. The highest BCUT2D eigenvalue weighted by atomic mass is 32.2. The molecule has 7 rings (SSSR count). The van der Waals surface area contributed by atoms with E-state index in [1.807, 2.05) is 26.0 Å². The second kappa shape index (κ2) is 14.6. The van der Waals surface area contributed by atoms with Crippen LogP contribution in [-0.4, -0.2) is 87.1 Å². The van der Waals surface area contributed by atoms with Crippen LogP contribution in [0.1, 0.15) is 106 Å². The first-order valence-corrected chi connectivity index (χ1v) is 20.3. The number of nitrogens with zero attached hydrogens (tertiary/aromatic N) is 4. The molecule has 2 aromatic heterocycles. The summed E-state index contributed by atoms with van der Waals surface area (Å²) in [5, 5.41) is 9.61. The number of nitrogens with one attached hydrogen (secondary N) is 3. The Morgan fingerprint density at radius 3 is 2.65 bits per heavy atom. The van der Waals surface area contributed by atoms with Crippen LogP contribution in [0.3, 0.4) is 0 Å². The third-order valence-corrected chi connectivity index (χ3v) is 13.3. The van der Waals surface area contributed by atoms with Gasteiger partial charge in [0.05, 0.1) is 22.5 Å². The Morgan fingerprint density at radius 1 is 1.15 bits per heavy atom. The molecule has 3 aromatic rings. The molecule has 5 atom stereocenters. The molecule has 0 unspecified atom stereocenters. The van der Waals surface area contributed by atoms with Gasteiger partial charge in [-0.15, -0.1) is 0 Å². The number of halogens is 1. The van der Waals surface area contributed by atoms with Crippen molar-refractivity contribution in [3.8, 4) is 5.88 Å². The highest BCUT2D eigenvalue weighted by Crippen LogP contribution is 2.47. The molecule has 0 spiro atoms. The molecule has 55 heavy (non-hydrogen) atoms. The standard InChI is InChI=1S/C38H46FN7O8S/c1-21(2)28-18-30(54-44-28)33(48)41-27-13-9-7-5-6-8-11-23-19-38(23,36(50)45-55(51,52)37(4)15-16-37)43-32(47)29-17-24(20-46(29)35(27)49)53-34-22(3)40-26-14-10-12-25(39)31(26)42-34/h8,10-12,14,18,21,23-24,27,29H,5-7,9,13,15-17,19-20H2,1-4H3,(H,41,48)(H,43,47)(H,45,50)/b11-8-/t23-,24-,27+,29+,38-/m1/s1. The van der Waals surface area contributed by atoms with Crippen molar-refractivity contribution in [2.75, 3.05) is 6.54 Å². The van der Waals surface area contributed by atoms with Crippen molar-refractivity contribution >= 4 is 44.7 Å². The number of aryl methyl sites for hydroxylation is 1. The molecule has 2 aliphatic heterocycles. The van der Waals surface area contributed by atoms with Crippen LogP contribution in [0.15, 0.2) is 40.9 Å². The Balaban J connectivity index is 1.20. The minimum atomic E-state index is -4.02. The molecule has 4 aliphatic rings. The average Bonchev–Trinajstić information content (AvgIpc) is 3.90. The van der Waals surface area contributed by atoms with Crippen molar-refractivity contribution < 1.29 is 41.2 Å². The summed E-state index contributed by atoms with van der Waals surface area (Å²) in [5.41, 5.74) is -0.295. The first kappa shape index (κ1) is 38.3. The minimum Gasteiger partial charge on any atom is -0.471 e. The van der Waals surface area contributed by atoms with Crippen molar-refractivity contribution in [2.45, 2.75) is 120 Å². The van der Waals surface area contributed by atoms with Crippen molar-refractivity contribution in [1.82, 2.24) is 35.4 Å². The zero-order chi connectivity index (χ0) is 39.3. The van der Waals surface area contributed by atoms with Gasteiger partial charge < -0.3 is 24.8 Å². The second-order valence-electron chi connectivity index (χ2n) is 15.7. The summed E-state index contributed by atoms with van der Waals surface area (Å²) in [6.07, 6.45) is 6.85. The van der Waals surface area contributed by atoms with Crippen LogP contribution < -0.4 is 20.1 Å². The number of carbonyl (C=O) groups excluding carboxylic acids is 4. The first-order valence-electron chi connectivity index (χ1n) is 18.8. The van der Waals surface area contributed by atoms with Gasteiger partial charge in [0.1, 0.15) is 34.9 Å². The van der Waals surface area contributed by atoms with Crippen LogP contribution in [0.25, 0.3) is 11.0 Å². The van der Waals surface area contributed by atoms with Crippen LogP contribution in [0, 0.1) is 18.7 Å². The fourth-order valence-electron chi connectivity index (χ4n) is 7.23. The predicted octanol–water partition coefficient (Wildman–Crippen LogP) is 3.73. The number of rotatable bonds is 8. The van der Waals surface area contributed by atoms with E-state index in [4.69, 9.17) is 9.26 Å². The maximum absolute atomic E-state index is 14.7. The number of para-hydroxylation sites is 1. The third-order valence-electron chi connectivity index (χ3n) is 11.2. The molecule has 1 aromatic carbocycles. The molecule has 15 nitrogen and oxygen atoms in total. The number of aromatic nitrogens is 3. The summed E-state index contributed by atoms with van der Waals surface area (Å²) in [6.45, 7) is 6.91. The Morgan fingerprint density at radius 2 is 1.93 bits per heavy atom. The normalized spacial score (nSPS) is 27.3. The number of ether oxygens (including phenoxy) is 1. The van der Waals surface area contributed by atoms with E-state index in [-0.39, 0.29) is 48.9 Å².